The van der Waals surface area contributed by atoms with Crippen molar-refractivity contribution in [3.8, 4) is 0 Å². The molecule has 2 heterocycles. The van der Waals surface area contributed by atoms with Crippen molar-refractivity contribution >= 4 is 40.3 Å². The van der Waals surface area contributed by atoms with Crippen molar-refractivity contribution in [3.05, 3.63) is 27.4 Å². The van der Waals surface area contributed by atoms with Crippen molar-refractivity contribution in [2.75, 3.05) is 0 Å². The lowest BCUT2D eigenvalue weighted by Gasteiger charge is -2.00. The van der Waals surface area contributed by atoms with Gasteiger partial charge in [-0.15, -0.1) is 21.5 Å². The Labute approximate surface area is 104 Å². The molecule has 3 N–H and O–H groups in total. The van der Waals surface area contributed by atoms with E-state index in [-0.39, 0.29) is 5.91 Å². The summed E-state index contributed by atoms with van der Waals surface area (Å²) in [5, 5.41) is 9.54. The molecule has 84 valence electrons. The summed E-state index contributed by atoms with van der Waals surface area (Å²) in [6.07, 6.45) is 0. The Morgan fingerprint density at radius 2 is 2.44 bits per heavy atom. The molecule has 2 rings (SSSR count). The minimum atomic E-state index is -0.247. The van der Waals surface area contributed by atoms with Gasteiger partial charge in [-0.2, -0.15) is 0 Å². The molecule has 0 saturated heterocycles. The molecule has 0 aliphatic carbocycles. The average Bonchev–Trinajstić information content (AvgIpc) is 2.96. The molecule has 0 saturated carbocycles. The van der Waals surface area contributed by atoms with Crippen molar-refractivity contribution < 1.29 is 4.79 Å². The molecule has 0 aromatic carbocycles. The predicted molar refractivity (Wildman–Crippen MR) is 65.4 cm³/mol. The summed E-state index contributed by atoms with van der Waals surface area (Å²) >= 11 is 4.42. The number of nitrogens with two attached hydrogens (primary N) is 1. The maximum Gasteiger partial charge on any atom is 0.275 e. The quantitative estimate of drug-likeness (QED) is 0.381. The van der Waals surface area contributed by atoms with Crippen LogP contribution >= 0.6 is 34.4 Å². The molecule has 0 unspecified atom stereocenters. The molecule has 2 aromatic heterocycles. The van der Waals surface area contributed by atoms with Crippen LogP contribution < -0.4 is 11.3 Å². The van der Waals surface area contributed by atoms with Gasteiger partial charge in [0, 0.05) is 5.75 Å². The first kappa shape index (κ1) is 11.5. The van der Waals surface area contributed by atoms with Gasteiger partial charge in [0.15, 0.2) is 4.34 Å². The van der Waals surface area contributed by atoms with Crippen molar-refractivity contribution in [1.29, 1.82) is 0 Å². The summed E-state index contributed by atoms with van der Waals surface area (Å²) in [6.45, 7) is 0. The van der Waals surface area contributed by atoms with E-state index in [4.69, 9.17) is 5.84 Å². The van der Waals surface area contributed by atoms with Gasteiger partial charge in [0.1, 0.15) is 5.51 Å². The third-order valence-corrected chi connectivity index (χ3v) is 4.64. The van der Waals surface area contributed by atoms with Crippen LogP contribution in [0.25, 0.3) is 0 Å². The number of thiophene rings is 1. The van der Waals surface area contributed by atoms with Crippen LogP contribution in [0.15, 0.2) is 21.3 Å². The van der Waals surface area contributed by atoms with E-state index in [1.807, 2.05) is 11.4 Å². The van der Waals surface area contributed by atoms with Crippen LogP contribution in [0.5, 0.6) is 0 Å². The molecule has 1 amide bonds. The van der Waals surface area contributed by atoms with Crippen molar-refractivity contribution in [1.82, 2.24) is 15.6 Å². The molecule has 0 fully saturated rings. The number of hydrogen-bond donors (Lipinski definition) is 2. The maximum absolute atomic E-state index is 11.4. The van der Waals surface area contributed by atoms with E-state index in [0.29, 0.717) is 10.6 Å². The van der Waals surface area contributed by atoms with Crippen LogP contribution in [-0.2, 0) is 5.75 Å². The highest BCUT2D eigenvalue weighted by Gasteiger charge is 2.12. The van der Waals surface area contributed by atoms with Crippen molar-refractivity contribution in [3.63, 3.8) is 0 Å². The van der Waals surface area contributed by atoms with E-state index in [1.54, 1.807) is 17.3 Å². The largest absolute Gasteiger partial charge is 0.289 e. The van der Waals surface area contributed by atoms with Gasteiger partial charge in [0.25, 0.3) is 5.91 Å². The number of carbonyl (C=O) groups is 1. The summed E-state index contributed by atoms with van der Waals surface area (Å²) in [5.41, 5.74) is 4.79. The second kappa shape index (κ2) is 5.39. The number of amides is 1. The van der Waals surface area contributed by atoms with Gasteiger partial charge in [-0.25, -0.2) is 5.84 Å². The van der Waals surface area contributed by atoms with Crippen LogP contribution in [-0.4, -0.2) is 16.1 Å². The minimum absolute atomic E-state index is 0.247. The van der Waals surface area contributed by atoms with Gasteiger partial charge >= 0.3 is 0 Å². The number of carbonyl (C=O) groups excluding carboxylic acids is 1. The van der Waals surface area contributed by atoms with Gasteiger partial charge in [-0.05, 0) is 17.0 Å². The molecule has 16 heavy (non-hydrogen) atoms. The Bertz CT molecular complexity index is 467. The molecular weight excluding hydrogens is 264 g/mol. The molecule has 0 atom stereocenters. The topological polar surface area (TPSA) is 80.9 Å². The number of nitrogens with one attached hydrogen (secondary N) is 1. The number of rotatable bonds is 4. The third kappa shape index (κ3) is 2.59. The summed E-state index contributed by atoms with van der Waals surface area (Å²) < 4.78 is 0.894. The van der Waals surface area contributed by atoms with Gasteiger partial charge in [0.05, 0.1) is 4.88 Å². The Hall–Kier alpha value is -0.960. The third-order valence-electron chi connectivity index (χ3n) is 1.78. The second-order valence-corrected chi connectivity index (χ2v) is 5.71. The Balaban J connectivity index is 2.04. The van der Waals surface area contributed by atoms with E-state index in [1.165, 1.54) is 22.7 Å². The number of aromatic nitrogens is 2. The SMILES string of the molecule is NNC(=O)c1sccc1CSc1nncs1. The normalized spacial score (nSPS) is 10.3. The zero-order chi connectivity index (χ0) is 11.4. The highest BCUT2D eigenvalue weighted by Crippen LogP contribution is 2.27. The first-order valence-electron chi connectivity index (χ1n) is 4.27. The molecule has 0 aliphatic rings. The fourth-order valence-electron chi connectivity index (χ4n) is 1.08. The van der Waals surface area contributed by atoms with Gasteiger partial charge in [0.2, 0.25) is 0 Å². The summed E-state index contributed by atoms with van der Waals surface area (Å²) in [7, 11) is 0. The second-order valence-electron chi connectivity index (χ2n) is 2.74. The smallest absolute Gasteiger partial charge is 0.275 e. The number of nitrogens with zero attached hydrogens (tertiary/aromatic N) is 2. The molecule has 0 bridgehead atoms. The van der Waals surface area contributed by atoms with Crippen LogP contribution in [0.4, 0.5) is 0 Å². The lowest BCUT2D eigenvalue weighted by Crippen LogP contribution is -2.29. The fraction of sp³-hybridized carbons (Fsp3) is 0.125. The summed E-state index contributed by atoms with van der Waals surface area (Å²) in [6, 6.07) is 1.92. The van der Waals surface area contributed by atoms with E-state index < -0.39 is 0 Å². The predicted octanol–water partition coefficient (Wildman–Crippen LogP) is 1.50. The van der Waals surface area contributed by atoms with Crippen molar-refractivity contribution in [2.45, 2.75) is 10.1 Å². The highest BCUT2D eigenvalue weighted by atomic mass is 32.2. The molecule has 0 spiro atoms. The monoisotopic (exact) mass is 272 g/mol. The number of hydrazine groups is 1. The molecule has 5 nitrogen and oxygen atoms in total. The Kier molecular flexibility index (Phi) is 3.88. The van der Waals surface area contributed by atoms with E-state index >= 15 is 0 Å². The fourth-order valence-corrected chi connectivity index (χ4v) is 3.48. The lowest BCUT2D eigenvalue weighted by atomic mass is 10.3. The number of hydrogen-bond acceptors (Lipinski definition) is 7. The molecule has 0 aliphatic heterocycles. The van der Waals surface area contributed by atoms with Gasteiger partial charge in [-0.3, -0.25) is 10.2 Å². The summed E-state index contributed by atoms with van der Waals surface area (Å²) in [5.74, 6) is 5.55. The highest BCUT2D eigenvalue weighted by molar-refractivity contribution is 8.00. The first-order chi connectivity index (χ1) is 7.81. The molecule has 8 heteroatoms. The zero-order valence-electron chi connectivity index (χ0n) is 8.04. The molecule has 0 radical (unpaired) electrons. The Morgan fingerprint density at radius 3 is 3.12 bits per heavy atom. The van der Waals surface area contributed by atoms with Gasteiger partial charge < -0.3 is 0 Å². The van der Waals surface area contributed by atoms with Crippen molar-refractivity contribution in [2.24, 2.45) is 5.84 Å². The maximum atomic E-state index is 11.4. The van der Waals surface area contributed by atoms with E-state index in [2.05, 4.69) is 15.6 Å². The average molecular weight is 272 g/mol. The van der Waals surface area contributed by atoms with E-state index in [0.717, 1.165) is 9.90 Å². The minimum Gasteiger partial charge on any atom is -0.289 e. The van der Waals surface area contributed by atoms with Crippen LogP contribution in [0.1, 0.15) is 15.2 Å². The van der Waals surface area contributed by atoms with Crippen LogP contribution in [0.3, 0.4) is 0 Å². The van der Waals surface area contributed by atoms with Gasteiger partial charge in [-0.1, -0.05) is 23.1 Å². The number of nitrogen functional groups attached to an aromatic ring is 1. The van der Waals surface area contributed by atoms with Crippen LogP contribution in [0.2, 0.25) is 0 Å². The Morgan fingerprint density at radius 1 is 1.56 bits per heavy atom. The summed E-state index contributed by atoms with van der Waals surface area (Å²) in [4.78, 5) is 12.0. The number of thioether (sulfide) groups is 1. The van der Waals surface area contributed by atoms with Crippen LogP contribution in [0, 0.1) is 0 Å². The standard InChI is InChI=1S/C8H8N4OS3/c9-11-7(13)6-5(1-2-14-6)3-15-8-12-10-4-16-8/h1-2,4H,3,9H2,(H,11,13). The van der Waals surface area contributed by atoms with E-state index in [9.17, 15) is 4.79 Å². The molecule has 2 aromatic rings. The molecular formula is C8H8N4OS3. The first-order valence-corrected chi connectivity index (χ1v) is 7.02. The lowest BCUT2D eigenvalue weighted by molar-refractivity contribution is 0.0957. The zero-order valence-corrected chi connectivity index (χ0v) is 10.5.